The molecule has 5 nitrogen and oxygen atoms in total. The summed E-state index contributed by atoms with van der Waals surface area (Å²) in [6.45, 7) is 1.92. The van der Waals surface area contributed by atoms with Crippen molar-refractivity contribution in [1.29, 1.82) is 0 Å². The third kappa shape index (κ3) is 3.70. The van der Waals surface area contributed by atoms with Gasteiger partial charge in [0.2, 0.25) is 10.0 Å². The van der Waals surface area contributed by atoms with Gasteiger partial charge in [-0.2, -0.15) is 5.10 Å². The van der Waals surface area contributed by atoms with Gasteiger partial charge in [-0.1, -0.05) is 48.5 Å². The van der Waals surface area contributed by atoms with Crippen molar-refractivity contribution in [3.63, 3.8) is 0 Å². The minimum atomic E-state index is -3.76. The summed E-state index contributed by atoms with van der Waals surface area (Å²) in [4.78, 5) is 0.0433. The van der Waals surface area contributed by atoms with Gasteiger partial charge in [-0.25, -0.2) is 17.9 Å². The predicted molar refractivity (Wildman–Crippen MR) is 111 cm³/mol. The molecule has 0 saturated carbocycles. The van der Waals surface area contributed by atoms with Crippen LogP contribution >= 0.6 is 0 Å². The Morgan fingerprint density at radius 2 is 1.45 bits per heavy atom. The number of H-pyrrole nitrogens is 1. The predicted octanol–water partition coefficient (Wildman–Crippen LogP) is 4.51. The SMILES string of the molecule is Cc1[nH]nc(-c2ccc(S(N)(=O)=O)cc2)c1-c1ccccc1-c1ccc(F)cc1. The zero-order valence-electron chi connectivity index (χ0n) is 15.6. The van der Waals surface area contributed by atoms with Crippen LogP contribution in [0.1, 0.15) is 5.69 Å². The average molecular weight is 407 g/mol. The summed E-state index contributed by atoms with van der Waals surface area (Å²) >= 11 is 0. The molecule has 1 aromatic heterocycles. The van der Waals surface area contributed by atoms with Crippen LogP contribution in [0.25, 0.3) is 33.5 Å². The molecular formula is C22H18FN3O2S. The summed E-state index contributed by atoms with van der Waals surface area (Å²) in [5.74, 6) is -0.290. The zero-order chi connectivity index (χ0) is 20.6. The van der Waals surface area contributed by atoms with Crippen molar-refractivity contribution in [3.05, 3.63) is 84.3 Å². The van der Waals surface area contributed by atoms with Crippen LogP contribution in [0.5, 0.6) is 0 Å². The number of sulfonamides is 1. The molecule has 0 bridgehead atoms. The van der Waals surface area contributed by atoms with Crippen molar-refractivity contribution in [2.45, 2.75) is 11.8 Å². The Morgan fingerprint density at radius 1 is 0.862 bits per heavy atom. The van der Waals surface area contributed by atoms with Crippen LogP contribution in [0.2, 0.25) is 0 Å². The van der Waals surface area contributed by atoms with Gasteiger partial charge < -0.3 is 0 Å². The molecule has 0 spiro atoms. The number of aromatic nitrogens is 2. The Kier molecular flexibility index (Phi) is 4.77. The van der Waals surface area contributed by atoms with E-state index in [1.807, 2.05) is 31.2 Å². The average Bonchev–Trinajstić information content (AvgIpc) is 3.09. The van der Waals surface area contributed by atoms with Gasteiger partial charge in [0.05, 0.1) is 4.90 Å². The normalized spacial score (nSPS) is 11.6. The zero-order valence-corrected chi connectivity index (χ0v) is 16.4. The molecule has 7 heteroatoms. The number of hydrogen-bond donors (Lipinski definition) is 2. The summed E-state index contributed by atoms with van der Waals surface area (Å²) in [5, 5.41) is 12.6. The van der Waals surface area contributed by atoms with Crippen LogP contribution in [0, 0.1) is 12.7 Å². The fourth-order valence-electron chi connectivity index (χ4n) is 3.35. The molecule has 1 heterocycles. The molecule has 0 aliphatic carbocycles. The third-order valence-corrected chi connectivity index (χ3v) is 5.68. The molecule has 146 valence electrons. The van der Waals surface area contributed by atoms with Crippen LogP contribution in [0.4, 0.5) is 4.39 Å². The smallest absolute Gasteiger partial charge is 0.238 e. The standard InChI is InChI=1S/C22H18FN3O2S/c1-14-21(20-5-3-2-4-19(20)15-6-10-17(23)11-7-15)22(26-25-14)16-8-12-18(13-9-16)29(24,27)28/h2-13H,1H3,(H,25,26)(H2,24,27,28). The number of aryl methyl sites for hydroxylation is 1. The van der Waals surface area contributed by atoms with Crippen LogP contribution in [0.15, 0.2) is 77.7 Å². The maximum absolute atomic E-state index is 13.4. The maximum atomic E-state index is 13.4. The minimum absolute atomic E-state index is 0.0433. The molecule has 0 atom stereocenters. The number of hydrogen-bond acceptors (Lipinski definition) is 3. The van der Waals surface area contributed by atoms with E-state index >= 15 is 0 Å². The van der Waals surface area contributed by atoms with E-state index in [4.69, 9.17) is 5.14 Å². The second-order valence-corrected chi connectivity index (χ2v) is 8.26. The highest BCUT2D eigenvalue weighted by molar-refractivity contribution is 7.89. The van der Waals surface area contributed by atoms with E-state index in [2.05, 4.69) is 10.2 Å². The number of nitrogens with zero attached hydrogens (tertiary/aromatic N) is 1. The largest absolute Gasteiger partial charge is 0.282 e. The van der Waals surface area contributed by atoms with Gasteiger partial charge in [-0.05, 0) is 47.9 Å². The molecule has 0 saturated heterocycles. The molecule has 0 aliphatic rings. The highest BCUT2D eigenvalue weighted by Gasteiger charge is 2.18. The molecule has 3 N–H and O–H groups in total. The van der Waals surface area contributed by atoms with Crippen molar-refractivity contribution >= 4 is 10.0 Å². The van der Waals surface area contributed by atoms with E-state index in [-0.39, 0.29) is 10.7 Å². The van der Waals surface area contributed by atoms with Gasteiger partial charge in [0.1, 0.15) is 11.5 Å². The molecule has 3 aromatic carbocycles. The van der Waals surface area contributed by atoms with E-state index in [0.29, 0.717) is 5.69 Å². The fourth-order valence-corrected chi connectivity index (χ4v) is 3.87. The fraction of sp³-hybridized carbons (Fsp3) is 0.0455. The van der Waals surface area contributed by atoms with Crippen molar-refractivity contribution in [2.75, 3.05) is 0 Å². The van der Waals surface area contributed by atoms with Gasteiger partial charge in [-0.15, -0.1) is 0 Å². The van der Waals surface area contributed by atoms with E-state index in [0.717, 1.165) is 33.5 Å². The van der Waals surface area contributed by atoms with E-state index in [1.165, 1.54) is 24.3 Å². The Balaban J connectivity index is 1.87. The highest BCUT2D eigenvalue weighted by Crippen LogP contribution is 2.39. The first-order valence-electron chi connectivity index (χ1n) is 8.88. The van der Waals surface area contributed by atoms with Crippen molar-refractivity contribution in [3.8, 4) is 33.5 Å². The van der Waals surface area contributed by atoms with Crippen molar-refractivity contribution in [1.82, 2.24) is 10.2 Å². The van der Waals surface area contributed by atoms with Crippen molar-refractivity contribution in [2.24, 2.45) is 5.14 Å². The summed E-state index contributed by atoms with van der Waals surface area (Å²) in [7, 11) is -3.76. The Morgan fingerprint density at radius 3 is 2.07 bits per heavy atom. The first-order chi connectivity index (χ1) is 13.8. The number of halogens is 1. The summed E-state index contributed by atoms with van der Waals surface area (Å²) in [6, 6.07) is 20.5. The number of nitrogens with two attached hydrogens (primary N) is 1. The second kappa shape index (κ2) is 7.27. The molecule has 0 amide bonds. The summed E-state index contributed by atoms with van der Waals surface area (Å²) < 4.78 is 36.4. The number of aromatic amines is 1. The van der Waals surface area contributed by atoms with E-state index < -0.39 is 10.0 Å². The minimum Gasteiger partial charge on any atom is -0.282 e. The van der Waals surface area contributed by atoms with Gasteiger partial charge in [0.25, 0.3) is 0 Å². The van der Waals surface area contributed by atoms with E-state index in [9.17, 15) is 12.8 Å². The first kappa shape index (κ1) is 19.0. The van der Waals surface area contributed by atoms with Gasteiger partial charge >= 0.3 is 0 Å². The van der Waals surface area contributed by atoms with E-state index in [1.54, 1.807) is 24.3 Å². The van der Waals surface area contributed by atoms with Crippen molar-refractivity contribution < 1.29 is 12.8 Å². The number of nitrogens with one attached hydrogen (secondary N) is 1. The number of benzene rings is 3. The third-order valence-electron chi connectivity index (χ3n) is 4.76. The summed E-state index contributed by atoms with van der Waals surface area (Å²) in [6.07, 6.45) is 0. The Labute approximate surface area is 168 Å². The maximum Gasteiger partial charge on any atom is 0.238 e. The van der Waals surface area contributed by atoms with Gasteiger partial charge in [0.15, 0.2) is 0 Å². The van der Waals surface area contributed by atoms with Gasteiger partial charge in [-0.3, -0.25) is 5.10 Å². The second-order valence-electron chi connectivity index (χ2n) is 6.69. The topological polar surface area (TPSA) is 88.8 Å². The molecule has 0 radical (unpaired) electrons. The highest BCUT2D eigenvalue weighted by atomic mass is 32.2. The molecule has 0 unspecified atom stereocenters. The summed E-state index contributed by atoms with van der Waals surface area (Å²) in [5.41, 5.74) is 5.98. The quantitative estimate of drug-likeness (QED) is 0.522. The lowest BCUT2D eigenvalue weighted by molar-refractivity contribution is 0.598. The molecule has 4 aromatic rings. The molecule has 4 rings (SSSR count). The monoisotopic (exact) mass is 407 g/mol. The van der Waals surface area contributed by atoms with Crippen LogP contribution < -0.4 is 5.14 Å². The first-order valence-corrected chi connectivity index (χ1v) is 10.4. The van der Waals surface area contributed by atoms with Crippen LogP contribution in [-0.4, -0.2) is 18.6 Å². The Hall–Kier alpha value is -3.29. The van der Waals surface area contributed by atoms with Crippen LogP contribution in [0.3, 0.4) is 0 Å². The number of rotatable bonds is 4. The lowest BCUT2D eigenvalue weighted by Crippen LogP contribution is -2.11. The molecule has 29 heavy (non-hydrogen) atoms. The lowest BCUT2D eigenvalue weighted by atomic mass is 9.92. The van der Waals surface area contributed by atoms with Crippen LogP contribution in [-0.2, 0) is 10.0 Å². The van der Waals surface area contributed by atoms with Gasteiger partial charge in [0, 0.05) is 16.8 Å². The lowest BCUT2D eigenvalue weighted by Gasteiger charge is -2.12. The number of primary sulfonamides is 1. The Bertz CT molecular complexity index is 1280. The molecule has 0 fully saturated rings. The molecular weight excluding hydrogens is 389 g/mol. The molecule has 0 aliphatic heterocycles.